The van der Waals surface area contributed by atoms with Crippen LogP contribution in [0.3, 0.4) is 0 Å². The maximum atomic E-state index is 14.2. The lowest BCUT2D eigenvalue weighted by molar-refractivity contribution is -0.140. The normalized spacial score (nSPS) is 15.5. The minimum absolute atomic E-state index is 0.0404. The summed E-state index contributed by atoms with van der Waals surface area (Å²) >= 11 is 0. The number of anilines is 1. The van der Waals surface area contributed by atoms with Crippen molar-refractivity contribution in [1.82, 2.24) is 10.2 Å². The second kappa shape index (κ2) is 13.3. The van der Waals surface area contributed by atoms with Crippen LogP contribution >= 0.6 is 0 Å². The lowest BCUT2D eigenvalue weighted by Crippen LogP contribution is -2.55. The van der Waals surface area contributed by atoms with Crippen molar-refractivity contribution in [2.45, 2.75) is 57.2 Å². The predicted molar refractivity (Wildman–Crippen MR) is 161 cm³/mol. The van der Waals surface area contributed by atoms with Crippen LogP contribution in [-0.4, -0.2) is 56.8 Å². The second-order valence-corrected chi connectivity index (χ2v) is 12.8. The van der Waals surface area contributed by atoms with E-state index in [1.54, 1.807) is 18.2 Å². The molecule has 2 amide bonds. The minimum Gasteiger partial charge on any atom is -0.454 e. The van der Waals surface area contributed by atoms with E-state index in [2.05, 4.69) is 5.32 Å². The Balaban J connectivity index is 1.48. The molecule has 222 valence electrons. The molecule has 0 spiro atoms. The highest BCUT2D eigenvalue weighted by molar-refractivity contribution is 7.92. The summed E-state index contributed by atoms with van der Waals surface area (Å²) in [4.78, 5) is 29.7. The number of benzene rings is 3. The molecule has 0 radical (unpaired) electrons. The van der Waals surface area contributed by atoms with E-state index in [0.29, 0.717) is 17.9 Å². The fourth-order valence-corrected chi connectivity index (χ4v) is 6.37. The summed E-state index contributed by atoms with van der Waals surface area (Å²) in [5.41, 5.74) is 2.02. The Bertz CT molecular complexity index is 1480. The van der Waals surface area contributed by atoms with Gasteiger partial charge in [0.2, 0.25) is 28.6 Å². The molecule has 9 nitrogen and oxygen atoms in total. The molecule has 1 saturated carbocycles. The van der Waals surface area contributed by atoms with E-state index in [1.807, 2.05) is 60.7 Å². The molecule has 1 aliphatic heterocycles. The van der Waals surface area contributed by atoms with Crippen LogP contribution in [0.4, 0.5) is 5.69 Å². The minimum atomic E-state index is -3.88. The van der Waals surface area contributed by atoms with Crippen LogP contribution in [0.25, 0.3) is 0 Å². The van der Waals surface area contributed by atoms with Crippen LogP contribution in [0.1, 0.15) is 43.2 Å². The Morgan fingerprint density at radius 2 is 1.52 bits per heavy atom. The first-order chi connectivity index (χ1) is 20.3. The van der Waals surface area contributed by atoms with Gasteiger partial charge in [-0.1, -0.05) is 79.9 Å². The van der Waals surface area contributed by atoms with Crippen LogP contribution in [-0.2, 0) is 32.6 Å². The van der Waals surface area contributed by atoms with Gasteiger partial charge in [0, 0.05) is 25.1 Å². The standard InChI is InChI=1S/C32H37N3O6S/c1-42(38,39)35(27-17-18-29-30(20-27)41-23-40-29)22-31(36)34(21-25-13-7-3-8-14-25)28(19-24-11-5-2-6-12-24)32(37)33-26-15-9-4-10-16-26/h2-3,5-8,11-14,17-18,20,26,28H,4,9-10,15-16,19,21-23H2,1H3,(H,33,37)/t28-/m1/s1. The number of sulfonamides is 1. The smallest absolute Gasteiger partial charge is 0.244 e. The van der Waals surface area contributed by atoms with Gasteiger partial charge in [-0.15, -0.1) is 0 Å². The Morgan fingerprint density at radius 3 is 2.19 bits per heavy atom. The van der Waals surface area contributed by atoms with E-state index in [9.17, 15) is 18.0 Å². The highest BCUT2D eigenvalue weighted by Gasteiger charge is 2.34. The van der Waals surface area contributed by atoms with Crippen molar-refractivity contribution in [2.24, 2.45) is 0 Å². The van der Waals surface area contributed by atoms with Gasteiger partial charge in [0.25, 0.3) is 0 Å². The van der Waals surface area contributed by atoms with E-state index < -0.39 is 28.5 Å². The van der Waals surface area contributed by atoms with Crippen molar-refractivity contribution < 1.29 is 27.5 Å². The molecular formula is C32H37N3O6S. The molecule has 3 aromatic carbocycles. The van der Waals surface area contributed by atoms with Crippen LogP contribution in [0.5, 0.6) is 11.5 Å². The largest absolute Gasteiger partial charge is 0.454 e. The van der Waals surface area contributed by atoms with Crippen molar-refractivity contribution in [1.29, 1.82) is 0 Å². The highest BCUT2D eigenvalue weighted by atomic mass is 32.2. The number of fused-ring (bicyclic) bond motifs is 1. The molecule has 0 unspecified atom stereocenters. The zero-order valence-corrected chi connectivity index (χ0v) is 24.6. The number of hydrogen-bond acceptors (Lipinski definition) is 6. The third-order valence-corrected chi connectivity index (χ3v) is 8.88. The highest BCUT2D eigenvalue weighted by Crippen LogP contribution is 2.36. The average Bonchev–Trinajstić information content (AvgIpc) is 3.46. The number of hydrogen-bond donors (Lipinski definition) is 1. The molecule has 3 aromatic rings. The molecule has 1 N–H and O–H groups in total. The zero-order valence-electron chi connectivity index (χ0n) is 23.8. The first kappa shape index (κ1) is 29.4. The quantitative estimate of drug-likeness (QED) is 0.357. The number of ether oxygens (including phenoxy) is 2. The molecule has 1 heterocycles. The van der Waals surface area contributed by atoms with Gasteiger partial charge in [-0.25, -0.2) is 8.42 Å². The lowest BCUT2D eigenvalue weighted by atomic mass is 9.94. The van der Waals surface area contributed by atoms with Gasteiger partial charge >= 0.3 is 0 Å². The van der Waals surface area contributed by atoms with Crippen molar-refractivity contribution in [3.8, 4) is 11.5 Å². The average molecular weight is 592 g/mol. The molecule has 1 fully saturated rings. The molecule has 0 bridgehead atoms. The summed E-state index contributed by atoms with van der Waals surface area (Å²) in [5, 5.41) is 3.21. The molecular weight excluding hydrogens is 554 g/mol. The van der Waals surface area contributed by atoms with Gasteiger partial charge in [0.15, 0.2) is 11.5 Å². The van der Waals surface area contributed by atoms with Crippen LogP contribution in [0, 0.1) is 0 Å². The van der Waals surface area contributed by atoms with Gasteiger partial charge in [-0.05, 0) is 36.1 Å². The monoisotopic (exact) mass is 591 g/mol. The van der Waals surface area contributed by atoms with Crippen molar-refractivity contribution in [3.63, 3.8) is 0 Å². The van der Waals surface area contributed by atoms with Gasteiger partial charge in [-0.3, -0.25) is 13.9 Å². The number of rotatable bonds is 11. The van der Waals surface area contributed by atoms with Crippen molar-refractivity contribution in [3.05, 3.63) is 90.0 Å². The maximum Gasteiger partial charge on any atom is 0.244 e. The van der Waals surface area contributed by atoms with Gasteiger partial charge < -0.3 is 19.7 Å². The molecule has 5 rings (SSSR count). The summed E-state index contributed by atoms with van der Waals surface area (Å²) in [6.45, 7) is -0.292. The number of amides is 2. The molecule has 1 aliphatic carbocycles. The number of nitrogens with one attached hydrogen (secondary N) is 1. The topological polar surface area (TPSA) is 105 Å². The van der Waals surface area contributed by atoms with E-state index in [-0.39, 0.29) is 31.0 Å². The SMILES string of the molecule is CS(=O)(=O)N(CC(=O)N(Cc1ccccc1)[C@H](Cc1ccccc1)C(=O)NC1CCCCC1)c1ccc2c(c1)OCO2. The summed E-state index contributed by atoms with van der Waals surface area (Å²) in [7, 11) is -3.88. The van der Waals surface area contributed by atoms with Crippen LogP contribution < -0.4 is 19.1 Å². The number of carbonyl (C=O) groups is 2. The molecule has 10 heteroatoms. The third kappa shape index (κ3) is 7.42. The molecule has 0 saturated heterocycles. The summed E-state index contributed by atoms with van der Waals surface area (Å²) in [5.74, 6) is 0.195. The predicted octanol–water partition coefficient (Wildman–Crippen LogP) is 4.27. The molecule has 42 heavy (non-hydrogen) atoms. The number of nitrogens with zero attached hydrogens (tertiary/aromatic N) is 2. The summed E-state index contributed by atoms with van der Waals surface area (Å²) in [6.07, 6.45) is 6.43. The van der Waals surface area contributed by atoms with E-state index in [0.717, 1.165) is 53.8 Å². The first-order valence-electron chi connectivity index (χ1n) is 14.3. The van der Waals surface area contributed by atoms with Gasteiger partial charge in [0.05, 0.1) is 11.9 Å². The van der Waals surface area contributed by atoms with Gasteiger partial charge in [0.1, 0.15) is 12.6 Å². The van der Waals surface area contributed by atoms with E-state index in [4.69, 9.17) is 9.47 Å². The Kier molecular flexibility index (Phi) is 9.31. The zero-order chi connectivity index (χ0) is 29.5. The van der Waals surface area contributed by atoms with Crippen LogP contribution in [0.2, 0.25) is 0 Å². The van der Waals surface area contributed by atoms with Gasteiger partial charge in [-0.2, -0.15) is 0 Å². The Labute approximate surface area is 247 Å². The maximum absolute atomic E-state index is 14.2. The molecule has 0 aromatic heterocycles. The Hall–Kier alpha value is -4.05. The third-order valence-electron chi connectivity index (χ3n) is 7.74. The second-order valence-electron chi connectivity index (χ2n) is 10.9. The van der Waals surface area contributed by atoms with Crippen molar-refractivity contribution in [2.75, 3.05) is 23.9 Å². The van der Waals surface area contributed by atoms with E-state index in [1.165, 1.54) is 4.90 Å². The fraction of sp³-hybridized carbons (Fsp3) is 0.375. The van der Waals surface area contributed by atoms with Crippen LogP contribution in [0.15, 0.2) is 78.9 Å². The summed E-state index contributed by atoms with van der Waals surface area (Å²) in [6, 6.07) is 23.0. The molecule has 2 aliphatic rings. The number of carbonyl (C=O) groups excluding carboxylic acids is 2. The van der Waals surface area contributed by atoms with E-state index >= 15 is 0 Å². The lowest BCUT2D eigenvalue weighted by Gasteiger charge is -2.35. The first-order valence-corrected chi connectivity index (χ1v) is 16.2. The fourth-order valence-electron chi connectivity index (χ4n) is 5.53. The van der Waals surface area contributed by atoms with Crippen molar-refractivity contribution >= 4 is 27.5 Å². The summed E-state index contributed by atoms with van der Waals surface area (Å²) < 4.78 is 37.9. The Morgan fingerprint density at radius 1 is 0.881 bits per heavy atom. The molecule has 1 atom stereocenters.